The number of hydrogen-bond acceptors (Lipinski definition) is 4. The molecule has 0 aliphatic heterocycles. The van der Waals surface area contributed by atoms with E-state index in [0.717, 1.165) is 17.6 Å². The van der Waals surface area contributed by atoms with E-state index in [1.807, 2.05) is 0 Å². The molecular formula is C19H38N4O2. The fraction of sp³-hybridized carbons (Fsp3) is 0.895. The second-order valence-corrected chi connectivity index (χ2v) is 6.56. The van der Waals surface area contributed by atoms with Crippen LogP contribution in [0.2, 0.25) is 0 Å². The number of rotatable bonds is 14. The van der Waals surface area contributed by atoms with Gasteiger partial charge in [0.2, 0.25) is 0 Å². The van der Waals surface area contributed by atoms with E-state index in [-0.39, 0.29) is 6.54 Å². The number of aliphatic carboxylic acids is 1. The summed E-state index contributed by atoms with van der Waals surface area (Å²) in [6.45, 7) is 6.39. The largest absolute Gasteiger partial charge is 0.480 e. The molecule has 6 nitrogen and oxygen atoms in total. The van der Waals surface area contributed by atoms with Gasteiger partial charge >= 0.3 is 5.97 Å². The molecular weight excluding hydrogens is 316 g/mol. The Bertz CT molecular complexity index is 419. The lowest BCUT2D eigenvalue weighted by atomic mass is 10.1. The van der Waals surface area contributed by atoms with Crippen molar-refractivity contribution >= 4 is 5.97 Å². The van der Waals surface area contributed by atoms with Crippen molar-refractivity contribution < 1.29 is 9.90 Å². The summed E-state index contributed by atoms with van der Waals surface area (Å²) in [5.41, 5.74) is 0. The third-order valence-corrected chi connectivity index (χ3v) is 4.02. The Balaban J connectivity index is 0.00000129. The summed E-state index contributed by atoms with van der Waals surface area (Å²) in [6.07, 6.45) is 16.4. The van der Waals surface area contributed by atoms with Gasteiger partial charge in [-0.3, -0.25) is 4.79 Å². The standard InChI is InChI=1S/C15H28N4O2.C4H10/c1-2-3-4-5-6-7-8-9-10-11-12-14-16-18-19(17-14)13-15(20)21;1-3-4-2/h2-13H2,1H3,(H,20,21);3-4H2,1-2H3. The number of hydrogen-bond donors (Lipinski definition) is 1. The van der Waals surface area contributed by atoms with E-state index in [9.17, 15) is 4.79 Å². The number of carboxylic acid groups (broad SMARTS) is 1. The fourth-order valence-electron chi connectivity index (χ4n) is 2.34. The molecule has 0 unspecified atom stereocenters. The van der Waals surface area contributed by atoms with Crippen LogP contribution in [0.25, 0.3) is 0 Å². The molecule has 0 radical (unpaired) electrons. The minimum Gasteiger partial charge on any atom is -0.480 e. The van der Waals surface area contributed by atoms with Gasteiger partial charge in [-0.05, 0) is 11.6 Å². The summed E-state index contributed by atoms with van der Waals surface area (Å²) in [4.78, 5) is 11.6. The first-order chi connectivity index (χ1) is 12.1. The monoisotopic (exact) mass is 354 g/mol. The summed E-state index contributed by atoms with van der Waals surface area (Å²) >= 11 is 0. The molecule has 25 heavy (non-hydrogen) atoms. The third kappa shape index (κ3) is 15.8. The van der Waals surface area contributed by atoms with E-state index in [2.05, 4.69) is 36.2 Å². The molecule has 0 saturated heterocycles. The molecule has 0 aromatic carbocycles. The Kier molecular flexibility index (Phi) is 16.4. The van der Waals surface area contributed by atoms with Gasteiger partial charge in [0.15, 0.2) is 12.4 Å². The van der Waals surface area contributed by atoms with Crippen LogP contribution in [0.3, 0.4) is 0 Å². The molecule has 1 aromatic heterocycles. The van der Waals surface area contributed by atoms with Crippen LogP contribution < -0.4 is 0 Å². The summed E-state index contributed by atoms with van der Waals surface area (Å²) in [5.74, 6) is -0.297. The first-order valence-corrected chi connectivity index (χ1v) is 10.1. The highest BCUT2D eigenvalue weighted by Gasteiger charge is 2.05. The quantitative estimate of drug-likeness (QED) is 0.474. The van der Waals surface area contributed by atoms with Crippen molar-refractivity contribution in [3.05, 3.63) is 5.82 Å². The van der Waals surface area contributed by atoms with E-state index in [1.165, 1.54) is 70.6 Å². The molecule has 0 bridgehead atoms. The Morgan fingerprint density at radius 2 is 1.36 bits per heavy atom. The van der Waals surface area contributed by atoms with E-state index < -0.39 is 5.97 Å². The molecule has 0 atom stereocenters. The van der Waals surface area contributed by atoms with Crippen molar-refractivity contribution in [1.29, 1.82) is 0 Å². The molecule has 1 rings (SSSR count). The van der Waals surface area contributed by atoms with Crippen LogP contribution in [-0.4, -0.2) is 31.3 Å². The Morgan fingerprint density at radius 1 is 0.840 bits per heavy atom. The highest BCUT2D eigenvalue weighted by Crippen LogP contribution is 2.11. The van der Waals surface area contributed by atoms with Crippen molar-refractivity contribution in [1.82, 2.24) is 20.2 Å². The summed E-state index contributed by atoms with van der Waals surface area (Å²) < 4.78 is 0. The SMILES string of the molecule is CCCC.CCCCCCCCCCCCc1nnn(CC(=O)O)n1. The minimum atomic E-state index is -0.946. The first-order valence-electron chi connectivity index (χ1n) is 10.1. The lowest BCUT2D eigenvalue weighted by molar-refractivity contribution is -0.138. The molecule has 0 aliphatic carbocycles. The lowest BCUT2D eigenvalue weighted by Crippen LogP contribution is -2.11. The van der Waals surface area contributed by atoms with Crippen molar-refractivity contribution in [3.8, 4) is 0 Å². The summed E-state index contributed by atoms with van der Waals surface area (Å²) in [7, 11) is 0. The lowest BCUT2D eigenvalue weighted by Gasteiger charge is -2.01. The van der Waals surface area contributed by atoms with Crippen LogP contribution in [0.4, 0.5) is 0 Å². The van der Waals surface area contributed by atoms with Gasteiger partial charge in [0, 0.05) is 6.42 Å². The van der Waals surface area contributed by atoms with Crippen LogP contribution in [0.15, 0.2) is 0 Å². The topological polar surface area (TPSA) is 80.9 Å². The number of aryl methyl sites for hydroxylation is 1. The van der Waals surface area contributed by atoms with Gasteiger partial charge in [0.05, 0.1) is 0 Å². The van der Waals surface area contributed by atoms with Crippen molar-refractivity contribution in [2.75, 3.05) is 0 Å². The maximum absolute atomic E-state index is 10.5. The second-order valence-electron chi connectivity index (χ2n) is 6.56. The van der Waals surface area contributed by atoms with Crippen LogP contribution >= 0.6 is 0 Å². The predicted molar refractivity (Wildman–Crippen MR) is 102 cm³/mol. The number of unbranched alkanes of at least 4 members (excludes halogenated alkanes) is 10. The number of carboxylic acids is 1. The maximum Gasteiger partial charge on any atom is 0.327 e. The van der Waals surface area contributed by atoms with Gasteiger partial charge < -0.3 is 5.11 Å². The Labute approximate surface area is 153 Å². The highest BCUT2D eigenvalue weighted by molar-refractivity contribution is 5.66. The zero-order valence-corrected chi connectivity index (χ0v) is 16.5. The van der Waals surface area contributed by atoms with Gasteiger partial charge in [0.25, 0.3) is 0 Å². The normalized spacial score (nSPS) is 10.4. The van der Waals surface area contributed by atoms with Gasteiger partial charge in [0.1, 0.15) is 0 Å². The molecule has 0 saturated carbocycles. The van der Waals surface area contributed by atoms with Crippen molar-refractivity contribution in [2.45, 2.75) is 111 Å². The van der Waals surface area contributed by atoms with Crippen LogP contribution in [0.5, 0.6) is 0 Å². The maximum atomic E-state index is 10.5. The Hall–Kier alpha value is -1.46. The van der Waals surface area contributed by atoms with E-state index >= 15 is 0 Å². The zero-order chi connectivity index (χ0) is 18.8. The zero-order valence-electron chi connectivity index (χ0n) is 16.5. The summed E-state index contributed by atoms with van der Waals surface area (Å²) in [6, 6.07) is 0. The summed E-state index contributed by atoms with van der Waals surface area (Å²) in [5, 5.41) is 20.2. The first kappa shape index (κ1) is 23.5. The minimum absolute atomic E-state index is 0.217. The number of aromatic nitrogens is 4. The molecule has 1 aromatic rings. The third-order valence-electron chi connectivity index (χ3n) is 4.02. The average Bonchev–Trinajstić information content (AvgIpc) is 3.03. The molecule has 1 N–H and O–H groups in total. The van der Waals surface area contributed by atoms with E-state index in [0.29, 0.717) is 5.82 Å². The molecule has 146 valence electrons. The number of nitrogens with zero attached hydrogens (tertiary/aromatic N) is 4. The van der Waals surface area contributed by atoms with E-state index in [4.69, 9.17) is 5.11 Å². The molecule has 0 amide bonds. The van der Waals surface area contributed by atoms with Crippen molar-refractivity contribution in [2.24, 2.45) is 0 Å². The van der Waals surface area contributed by atoms with Crippen LogP contribution in [0, 0.1) is 0 Å². The van der Waals surface area contributed by atoms with Gasteiger partial charge in [-0.1, -0.05) is 91.4 Å². The second kappa shape index (κ2) is 17.4. The van der Waals surface area contributed by atoms with E-state index in [1.54, 1.807) is 0 Å². The van der Waals surface area contributed by atoms with Gasteiger partial charge in [-0.15, -0.1) is 10.2 Å². The van der Waals surface area contributed by atoms with Crippen molar-refractivity contribution in [3.63, 3.8) is 0 Å². The molecule has 0 aliphatic rings. The molecule has 1 heterocycles. The number of carbonyl (C=O) groups is 1. The molecule has 0 fully saturated rings. The molecule has 6 heteroatoms. The van der Waals surface area contributed by atoms with Gasteiger partial charge in [-0.25, -0.2) is 0 Å². The number of tetrazole rings is 1. The average molecular weight is 355 g/mol. The smallest absolute Gasteiger partial charge is 0.327 e. The van der Waals surface area contributed by atoms with Gasteiger partial charge in [-0.2, -0.15) is 4.80 Å². The fourth-order valence-corrected chi connectivity index (χ4v) is 2.34. The van der Waals surface area contributed by atoms with Crippen LogP contribution in [0.1, 0.15) is 104 Å². The molecule has 0 spiro atoms. The van der Waals surface area contributed by atoms with Crippen LogP contribution in [-0.2, 0) is 17.8 Å². The Morgan fingerprint density at radius 3 is 1.84 bits per heavy atom. The highest BCUT2D eigenvalue weighted by atomic mass is 16.4. The predicted octanol–water partition coefficient (Wildman–Crippen LogP) is 5.03.